The molecule has 0 saturated carbocycles. The molecule has 2 aromatic heterocycles. The molecule has 1 aliphatic heterocycles. The Morgan fingerprint density at radius 1 is 1.31 bits per heavy atom. The molecule has 4 rings (SSSR count). The van der Waals surface area contributed by atoms with Crippen LogP contribution >= 0.6 is 11.6 Å². The monoisotopic (exact) mass is 455 g/mol. The minimum atomic E-state index is -0.483. The Morgan fingerprint density at radius 2 is 2.09 bits per heavy atom. The van der Waals surface area contributed by atoms with E-state index in [1.165, 1.54) is 0 Å². The number of carbonyl (C=O) groups is 1. The minimum absolute atomic E-state index is 0.219. The lowest BCUT2D eigenvalue weighted by Crippen LogP contribution is -2.38. The number of pyridine rings is 1. The summed E-state index contributed by atoms with van der Waals surface area (Å²) >= 11 is 6.18. The molecule has 1 amide bonds. The average molecular weight is 456 g/mol. The SMILES string of the molecule is Cn1c(-c2cncc(CN[C@@H]3CCN(C(=O)OC(C)(C)C)C3)c2)c(N)c2ccc(Cl)cc21. The van der Waals surface area contributed by atoms with Crippen LogP contribution in [0.3, 0.4) is 0 Å². The largest absolute Gasteiger partial charge is 0.444 e. The van der Waals surface area contributed by atoms with Gasteiger partial charge in [0.15, 0.2) is 0 Å². The number of nitrogens with zero attached hydrogens (tertiary/aromatic N) is 3. The fraction of sp³-hybridized carbons (Fsp3) is 0.417. The molecule has 0 bridgehead atoms. The van der Waals surface area contributed by atoms with Crippen molar-refractivity contribution < 1.29 is 9.53 Å². The van der Waals surface area contributed by atoms with E-state index in [-0.39, 0.29) is 12.1 Å². The number of halogens is 1. The zero-order valence-electron chi connectivity index (χ0n) is 19.0. The lowest BCUT2D eigenvalue weighted by molar-refractivity contribution is 0.0291. The predicted molar refractivity (Wildman–Crippen MR) is 129 cm³/mol. The van der Waals surface area contributed by atoms with Gasteiger partial charge in [0.25, 0.3) is 0 Å². The van der Waals surface area contributed by atoms with Crippen molar-refractivity contribution in [2.45, 2.75) is 45.4 Å². The van der Waals surface area contributed by atoms with Gasteiger partial charge in [0.05, 0.1) is 16.9 Å². The zero-order valence-corrected chi connectivity index (χ0v) is 19.7. The number of aryl methyl sites for hydroxylation is 1. The number of hydrogen-bond donors (Lipinski definition) is 2. The highest BCUT2D eigenvalue weighted by molar-refractivity contribution is 6.31. The number of aromatic nitrogens is 2. The first-order valence-corrected chi connectivity index (χ1v) is 11.2. The molecule has 0 aliphatic carbocycles. The molecule has 170 valence electrons. The highest BCUT2D eigenvalue weighted by Crippen LogP contribution is 2.36. The molecule has 3 aromatic rings. The summed E-state index contributed by atoms with van der Waals surface area (Å²) in [5, 5.41) is 5.20. The maximum absolute atomic E-state index is 12.3. The normalized spacial score (nSPS) is 16.7. The van der Waals surface area contributed by atoms with E-state index >= 15 is 0 Å². The molecule has 32 heavy (non-hydrogen) atoms. The fourth-order valence-electron chi connectivity index (χ4n) is 4.18. The number of anilines is 1. The Bertz CT molecular complexity index is 1150. The van der Waals surface area contributed by atoms with Crippen LogP contribution in [0, 0.1) is 0 Å². The number of ether oxygens (including phenoxy) is 1. The van der Waals surface area contributed by atoms with Gasteiger partial charge in [0, 0.05) is 61.1 Å². The van der Waals surface area contributed by atoms with Gasteiger partial charge in [-0.15, -0.1) is 0 Å². The van der Waals surface area contributed by atoms with Gasteiger partial charge < -0.3 is 25.3 Å². The van der Waals surface area contributed by atoms with E-state index in [0.29, 0.717) is 24.7 Å². The fourth-order valence-corrected chi connectivity index (χ4v) is 4.35. The molecule has 0 radical (unpaired) electrons. The van der Waals surface area contributed by atoms with Crippen LogP contribution in [0.1, 0.15) is 32.8 Å². The van der Waals surface area contributed by atoms with Crippen LogP contribution in [0.15, 0.2) is 36.7 Å². The number of rotatable bonds is 4. The highest BCUT2D eigenvalue weighted by Gasteiger charge is 2.29. The van der Waals surface area contributed by atoms with E-state index in [1.807, 2.05) is 58.4 Å². The third kappa shape index (κ3) is 4.69. The van der Waals surface area contributed by atoms with Gasteiger partial charge in [-0.1, -0.05) is 11.6 Å². The first kappa shape index (κ1) is 22.4. The zero-order chi connectivity index (χ0) is 23.0. The molecule has 7 nitrogen and oxygen atoms in total. The van der Waals surface area contributed by atoms with E-state index in [9.17, 15) is 4.79 Å². The van der Waals surface area contributed by atoms with E-state index < -0.39 is 5.60 Å². The molecule has 3 N–H and O–H groups in total. The van der Waals surface area contributed by atoms with Gasteiger partial charge in [-0.3, -0.25) is 4.98 Å². The average Bonchev–Trinajstić information content (AvgIpc) is 3.29. The van der Waals surface area contributed by atoms with Crippen LogP contribution in [-0.2, 0) is 18.3 Å². The van der Waals surface area contributed by atoms with Gasteiger partial charge in [-0.25, -0.2) is 4.79 Å². The van der Waals surface area contributed by atoms with Gasteiger partial charge in [-0.2, -0.15) is 0 Å². The Balaban J connectivity index is 1.45. The summed E-state index contributed by atoms with van der Waals surface area (Å²) in [5.41, 5.74) is 10.6. The second kappa shape index (κ2) is 8.64. The van der Waals surface area contributed by atoms with E-state index in [1.54, 1.807) is 4.90 Å². The number of nitrogens with two attached hydrogens (primary N) is 1. The van der Waals surface area contributed by atoms with Crippen molar-refractivity contribution in [3.63, 3.8) is 0 Å². The Morgan fingerprint density at radius 3 is 2.84 bits per heavy atom. The lowest BCUT2D eigenvalue weighted by Gasteiger charge is -2.24. The second-order valence-corrected chi connectivity index (χ2v) is 9.79. The lowest BCUT2D eigenvalue weighted by atomic mass is 10.1. The first-order chi connectivity index (χ1) is 15.1. The van der Waals surface area contributed by atoms with Crippen molar-refractivity contribution in [3.05, 3.63) is 47.2 Å². The number of hydrogen-bond acceptors (Lipinski definition) is 5. The maximum atomic E-state index is 12.3. The Kier molecular flexibility index (Phi) is 6.05. The molecule has 0 spiro atoms. The molecular formula is C24H30ClN5O2. The van der Waals surface area contributed by atoms with E-state index in [4.69, 9.17) is 22.1 Å². The number of fused-ring (bicyclic) bond motifs is 1. The molecule has 8 heteroatoms. The summed E-state index contributed by atoms with van der Waals surface area (Å²) in [6.45, 7) is 7.64. The van der Waals surface area contributed by atoms with E-state index in [0.717, 1.165) is 39.8 Å². The van der Waals surface area contributed by atoms with Crippen LogP contribution in [-0.4, -0.2) is 45.3 Å². The van der Waals surface area contributed by atoms with Gasteiger partial charge >= 0.3 is 6.09 Å². The van der Waals surface area contributed by atoms with Crippen LogP contribution in [0.4, 0.5) is 10.5 Å². The maximum Gasteiger partial charge on any atom is 0.410 e. The molecular weight excluding hydrogens is 426 g/mol. The van der Waals surface area contributed by atoms with Gasteiger partial charge in [0.1, 0.15) is 5.60 Å². The van der Waals surface area contributed by atoms with Crippen molar-refractivity contribution in [1.82, 2.24) is 19.8 Å². The Labute approximate surface area is 193 Å². The number of nitrogens with one attached hydrogen (secondary N) is 1. The summed E-state index contributed by atoms with van der Waals surface area (Å²) in [6, 6.07) is 8.05. The molecule has 1 aromatic carbocycles. The van der Waals surface area contributed by atoms with Crippen molar-refractivity contribution in [3.8, 4) is 11.3 Å². The highest BCUT2D eigenvalue weighted by atomic mass is 35.5. The Hall–Kier alpha value is -2.77. The minimum Gasteiger partial charge on any atom is -0.444 e. The molecule has 0 unspecified atom stereocenters. The smallest absolute Gasteiger partial charge is 0.410 e. The van der Waals surface area contributed by atoms with Crippen molar-refractivity contribution in [1.29, 1.82) is 0 Å². The summed E-state index contributed by atoms with van der Waals surface area (Å²) in [7, 11) is 1.99. The summed E-state index contributed by atoms with van der Waals surface area (Å²) in [5.74, 6) is 0. The molecule has 1 aliphatic rings. The topological polar surface area (TPSA) is 85.4 Å². The number of nitrogen functional groups attached to an aromatic ring is 1. The van der Waals surface area contributed by atoms with Crippen LogP contribution in [0.25, 0.3) is 22.2 Å². The summed E-state index contributed by atoms with van der Waals surface area (Å²) < 4.78 is 7.53. The third-order valence-electron chi connectivity index (χ3n) is 5.70. The van der Waals surface area contributed by atoms with Crippen LogP contribution in [0.2, 0.25) is 5.02 Å². The molecule has 1 fully saturated rings. The van der Waals surface area contributed by atoms with Crippen LogP contribution < -0.4 is 11.1 Å². The number of benzene rings is 1. The number of carbonyl (C=O) groups excluding carboxylic acids is 1. The number of likely N-dealkylation sites (tertiary alicyclic amines) is 1. The standard InChI is InChI=1S/C24H30ClN5O2/c1-24(2,3)32-23(31)30-8-7-18(14-30)28-12-15-9-16(13-27-11-15)22-21(26)19-6-5-17(25)10-20(19)29(22)4/h5-6,9-11,13,18,28H,7-8,12,14,26H2,1-4H3/t18-/m1/s1. The molecule has 3 heterocycles. The summed E-state index contributed by atoms with van der Waals surface area (Å²) in [4.78, 5) is 18.5. The first-order valence-electron chi connectivity index (χ1n) is 10.8. The number of amides is 1. The predicted octanol–water partition coefficient (Wildman–Crippen LogP) is 4.57. The third-order valence-corrected chi connectivity index (χ3v) is 5.94. The quantitative estimate of drug-likeness (QED) is 0.601. The second-order valence-electron chi connectivity index (χ2n) is 9.36. The molecule has 1 saturated heterocycles. The van der Waals surface area contributed by atoms with E-state index in [2.05, 4.69) is 20.9 Å². The molecule has 1 atom stereocenters. The van der Waals surface area contributed by atoms with Gasteiger partial charge in [-0.05, 0) is 57.0 Å². The van der Waals surface area contributed by atoms with Gasteiger partial charge in [0.2, 0.25) is 0 Å². The van der Waals surface area contributed by atoms with Crippen molar-refractivity contribution >= 4 is 34.3 Å². The van der Waals surface area contributed by atoms with Crippen molar-refractivity contribution in [2.75, 3.05) is 18.8 Å². The van der Waals surface area contributed by atoms with Crippen LogP contribution in [0.5, 0.6) is 0 Å². The summed E-state index contributed by atoms with van der Waals surface area (Å²) in [6.07, 6.45) is 4.32. The van der Waals surface area contributed by atoms with Crippen molar-refractivity contribution in [2.24, 2.45) is 7.05 Å².